The van der Waals surface area contributed by atoms with Crippen LogP contribution in [0.1, 0.15) is 63.9 Å². The number of aliphatic hydroxyl groups excluding tert-OH is 1. The van der Waals surface area contributed by atoms with Crippen molar-refractivity contribution in [2.45, 2.75) is 70.8 Å². The second-order valence-corrected chi connectivity index (χ2v) is 5.72. The van der Waals surface area contributed by atoms with E-state index < -0.39 is 0 Å². The number of hydrogen-bond acceptors (Lipinski definition) is 1. The van der Waals surface area contributed by atoms with Crippen LogP contribution in [-0.4, -0.2) is 11.2 Å². The van der Waals surface area contributed by atoms with Gasteiger partial charge in [0.2, 0.25) is 0 Å². The lowest BCUT2D eigenvalue weighted by Crippen LogP contribution is -2.09. The maximum atomic E-state index is 9.98. The Morgan fingerprint density at radius 1 is 1.05 bits per heavy atom. The average Bonchev–Trinajstić information content (AvgIpc) is 2.49. The molecular formula is C19H30O. The Kier molecular flexibility index (Phi) is 9.06. The first kappa shape index (κ1) is 17.0. The number of unbranched alkanes of at least 4 members (excludes halogenated alkanes) is 4. The highest BCUT2D eigenvalue weighted by Crippen LogP contribution is 2.16. The fourth-order valence-corrected chi connectivity index (χ4v) is 2.44. The molecule has 1 atom stereocenters. The molecule has 1 heteroatoms. The van der Waals surface area contributed by atoms with Crippen LogP contribution in [0.5, 0.6) is 0 Å². The van der Waals surface area contributed by atoms with E-state index in [1.54, 1.807) is 0 Å². The summed E-state index contributed by atoms with van der Waals surface area (Å²) in [6.07, 6.45) is 9.90. The maximum absolute atomic E-state index is 9.98. The first-order chi connectivity index (χ1) is 9.74. The van der Waals surface area contributed by atoms with Crippen molar-refractivity contribution < 1.29 is 5.11 Å². The molecule has 0 aliphatic carbocycles. The van der Waals surface area contributed by atoms with Gasteiger partial charge in [-0.2, -0.15) is 0 Å². The molecule has 1 aromatic rings. The van der Waals surface area contributed by atoms with E-state index in [0.717, 1.165) is 31.3 Å². The highest BCUT2D eigenvalue weighted by atomic mass is 16.3. The largest absolute Gasteiger partial charge is 0.389 e. The Hall–Kier alpha value is -1.08. The van der Waals surface area contributed by atoms with Gasteiger partial charge in [-0.15, -0.1) is 0 Å². The second kappa shape index (κ2) is 10.7. The molecule has 0 aromatic heterocycles. The molecule has 0 aliphatic rings. The number of hydrogen-bond donors (Lipinski definition) is 1. The number of aliphatic hydroxyl groups is 1. The highest BCUT2D eigenvalue weighted by Gasteiger charge is 2.07. The van der Waals surface area contributed by atoms with Crippen molar-refractivity contribution in [3.63, 3.8) is 0 Å². The summed E-state index contributed by atoms with van der Waals surface area (Å²) in [6.45, 7) is 6.17. The summed E-state index contributed by atoms with van der Waals surface area (Å²) < 4.78 is 0. The van der Waals surface area contributed by atoms with E-state index in [9.17, 15) is 5.11 Å². The summed E-state index contributed by atoms with van der Waals surface area (Å²) in [6, 6.07) is 10.7. The summed E-state index contributed by atoms with van der Waals surface area (Å²) in [5, 5.41) is 9.98. The molecule has 0 saturated carbocycles. The Labute approximate surface area is 124 Å². The third-order valence-corrected chi connectivity index (χ3v) is 3.86. The Morgan fingerprint density at radius 2 is 1.75 bits per heavy atom. The molecule has 1 rings (SSSR count). The van der Waals surface area contributed by atoms with Gasteiger partial charge in [0.1, 0.15) is 0 Å². The number of aryl methyl sites for hydroxylation is 1. The first-order valence-corrected chi connectivity index (χ1v) is 8.13. The van der Waals surface area contributed by atoms with Gasteiger partial charge in [0.05, 0.1) is 6.10 Å². The Bertz CT molecular complexity index is 355. The molecule has 0 spiro atoms. The van der Waals surface area contributed by atoms with Crippen LogP contribution in [0.3, 0.4) is 0 Å². The first-order valence-electron chi connectivity index (χ1n) is 8.13. The molecule has 1 N–H and O–H groups in total. The van der Waals surface area contributed by atoms with Crippen molar-refractivity contribution in [2.24, 2.45) is 0 Å². The summed E-state index contributed by atoms with van der Waals surface area (Å²) in [4.78, 5) is 0. The fourth-order valence-electron chi connectivity index (χ4n) is 2.44. The van der Waals surface area contributed by atoms with Crippen LogP contribution in [0.25, 0.3) is 0 Å². The van der Waals surface area contributed by atoms with Crippen molar-refractivity contribution in [3.05, 3.63) is 48.0 Å². The van der Waals surface area contributed by atoms with Gasteiger partial charge in [0, 0.05) is 0 Å². The lowest BCUT2D eigenvalue weighted by molar-refractivity contribution is 0.192. The molecule has 20 heavy (non-hydrogen) atoms. The molecule has 0 aliphatic heterocycles. The average molecular weight is 274 g/mol. The van der Waals surface area contributed by atoms with Gasteiger partial charge in [-0.3, -0.25) is 0 Å². The zero-order valence-electron chi connectivity index (χ0n) is 13.0. The van der Waals surface area contributed by atoms with Gasteiger partial charge in [-0.05, 0) is 43.2 Å². The van der Waals surface area contributed by atoms with E-state index in [1.807, 2.05) is 0 Å². The zero-order valence-corrected chi connectivity index (χ0v) is 13.0. The molecule has 0 radical (unpaired) electrons. The van der Waals surface area contributed by atoms with E-state index in [0.29, 0.717) is 0 Å². The van der Waals surface area contributed by atoms with E-state index in [2.05, 4.69) is 43.8 Å². The lowest BCUT2D eigenvalue weighted by Gasteiger charge is -2.13. The fraction of sp³-hybridized carbons (Fsp3) is 0.579. The predicted molar refractivity (Wildman–Crippen MR) is 87.9 cm³/mol. The summed E-state index contributed by atoms with van der Waals surface area (Å²) in [5.74, 6) is 0. The number of rotatable bonds is 11. The minimum absolute atomic E-state index is 0.282. The van der Waals surface area contributed by atoms with Crippen LogP contribution in [0.2, 0.25) is 0 Å². The molecule has 0 saturated heterocycles. The number of benzene rings is 1. The van der Waals surface area contributed by atoms with Crippen molar-refractivity contribution in [1.29, 1.82) is 0 Å². The molecular weight excluding hydrogens is 244 g/mol. The van der Waals surface area contributed by atoms with Crippen molar-refractivity contribution in [1.82, 2.24) is 0 Å². The van der Waals surface area contributed by atoms with E-state index >= 15 is 0 Å². The topological polar surface area (TPSA) is 20.2 Å². The van der Waals surface area contributed by atoms with Gasteiger partial charge < -0.3 is 5.11 Å². The third-order valence-electron chi connectivity index (χ3n) is 3.86. The monoisotopic (exact) mass is 274 g/mol. The van der Waals surface area contributed by atoms with E-state index in [1.165, 1.54) is 37.7 Å². The molecule has 0 fully saturated rings. The highest BCUT2D eigenvalue weighted by molar-refractivity contribution is 5.14. The van der Waals surface area contributed by atoms with Crippen LogP contribution < -0.4 is 0 Å². The summed E-state index contributed by atoms with van der Waals surface area (Å²) >= 11 is 0. The van der Waals surface area contributed by atoms with E-state index in [-0.39, 0.29) is 6.10 Å². The van der Waals surface area contributed by atoms with Gasteiger partial charge in [-0.1, -0.05) is 69.5 Å². The molecule has 0 amide bonds. The van der Waals surface area contributed by atoms with E-state index in [4.69, 9.17) is 0 Å². The second-order valence-electron chi connectivity index (χ2n) is 5.72. The molecule has 1 aromatic carbocycles. The van der Waals surface area contributed by atoms with Crippen LogP contribution in [0.4, 0.5) is 0 Å². The smallest absolute Gasteiger partial charge is 0.0747 e. The molecule has 112 valence electrons. The predicted octanol–water partition coefficient (Wildman–Crippen LogP) is 5.29. The van der Waals surface area contributed by atoms with Crippen molar-refractivity contribution in [3.8, 4) is 0 Å². The lowest BCUT2D eigenvalue weighted by atomic mass is 9.99. The molecule has 0 heterocycles. The van der Waals surface area contributed by atoms with Gasteiger partial charge in [0.15, 0.2) is 0 Å². The Balaban J connectivity index is 2.00. The molecule has 1 unspecified atom stereocenters. The minimum atomic E-state index is -0.282. The quantitative estimate of drug-likeness (QED) is 0.429. The Morgan fingerprint density at radius 3 is 2.45 bits per heavy atom. The van der Waals surface area contributed by atoms with Gasteiger partial charge in [0.25, 0.3) is 0 Å². The van der Waals surface area contributed by atoms with Crippen molar-refractivity contribution >= 4 is 0 Å². The van der Waals surface area contributed by atoms with Crippen LogP contribution in [-0.2, 0) is 6.42 Å². The van der Waals surface area contributed by atoms with Gasteiger partial charge in [-0.25, -0.2) is 0 Å². The van der Waals surface area contributed by atoms with Gasteiger partial charge >= 0.3 is 0 Å². The summed E-state index contributed by atoms with van der Waals surface area (Å²) in [5.41, 5.74) is 2.46. The standard InChI is InChI=1S/C19H30O/c1-3-4-12-17(2)19(20)16-11-6-5-8-13-18-14-9-7-10-15-18/h7,9-10,14-15,19-20H,2-6,8,11-13,16H2,1H3. The normalized spacial score (nSPS) is 12.3. The minimum Gasteiger partial charge on any atom is -0.389 e. The van der Waals surface area contributed by atoms with Crippen molar-refractivity contribution in [2.75, 3.05) is 0 Å². The third kappa shape index (κ3) is 7.49. The maximum Gasteiger partial charge on any atom is 0.0747 e. The van der Waals surface area contributed by atoms with Crippen LogP contribution >= 0.6 is 0 Å². The van der Waals surface area contributed by atoms with Crippen LogP contribution in [0.15, 0.2) is 42.5 Å². The zero-order chi connectivity index (χ0) is 14.6. The molecule has 1 nitrogen and oxygen atoms in total. The summed E-state index contributed by atoms with van der Waals surface area (Å²) in [7, 11) is 0. The van der Waals surface area contributed by atoms with Crippen LogP contribution in [0, 0.1) is 0 Å². The SMILES string of the molecule is C=C(CCCC)C(O)CCCCCCc1ccccc1. The molecule has 0 bridgehead atoms.